The van der Waals surface area contributed by atoms with Crippen LogP contribution in [0.15, 0.2) is 83.8 Å². The number of nitrogens with one attached hydrogen (secondary N) is 1. The van der Waals surface area contributed by atoms with Gasteiger partial charge in [0.25, 0.3) is 10.0 Å². The number of carbonyl (C=O) groups is 2. The van der Waals surface area contributed by atoms with E-state index in [1.807, 2.05) is 20.8 Å². The third kappa shape index (κ3) is 7.99. The fourth-order valence-corrected chi connectivity index (χ4v) is 5.65. The number of carbonyl (C=O) groups excluding carboxylic acids is 2. The van der Waals surface area contributed by atoms with Crippen LogP contribution in [0.3, 0.4) is 0 Å². The van der Waals surface area contributed by atoms with Gasteiger partial charge in [-0.3, -0.25) is 13.9 Å². The first kappa shape index (κ1) is 31.0. The number of ether oxygens (including phenoxy) is 1. The summed E-state index contributed by atoms with van der Waals surface area (Å²) in [6.07, 6.45) is 0.724. The van der Waals surface area contributed by atoms with Gasteiger partial charge in [-0.05, 0) is 81.3 Å². The summed E-state index contributed by atoms with van der Waals surface area (Å²) in [5.41, 5.74) is 1.00. The second-order valence-corrected chi connectivity index (χ2v) is 11.7. The van der Waals surface area contributed by atoms with Crippen LogP contribution >= 0.6 is 11.6 Å². The Hall–Kier alpha value is -3.56. The van der Waals surface area contributed by atoms with Crippen LogP contribution in [0.2, 0.25) is 5.02 Å². The molecule has 2 amide bonds. The van der Waals surface area contributed by atoms with Crippen LogP contribution < -0.4 is 14.4 Å². The standard InChI is InChI=1S/C30H36ClN3O5S/c1-5-22(3)32-30(36)23(4)33(20-24-11-10-12-25(31)19-24)29(35)21-34(26-15-17-27(18-16-26)39-6-2)40(37,38)28-13-8-7-9-14-28/h7-19,22-23H,5-6,20-21H2,1-4H3,(H,32,36). The summed E-state index contributed by atoms with van der Waals surface area (Å²) in [6.45, 7) is 7.32. The number of hydrogen-bond donors (Lipinski definition) is 1. The van der Waals surface area contributed by atoms with E-state index in [0.29, 0.717) is 28.6 Å². The van der Waals surface area contributed by atoms with Crippen molar-refractivity contribution >= 4 is 39.1 Å². The molecule has 0 aliphatic carbocycles. The van der Waals surface area contributed by atoms with Crippen LogP contribution in [0, 0.1) is 0 Å². The Balaban J connectivity index is 2.01. The number of halogens is 1. The molecule has 3 aromatic rings. The van der Waals surface area contributed by atoms with E-state index in [-0.39, 0.29) is 23.4 Å². The average molecular weight is 586 g/mol. The van der Waals surface area contributed by atoms with Gasteiger partial charge in [0.2, 0.25) is 11.8 Å². The monoisotopic (exact) mass is 585 g/mol. The fraction of sp³-hybridized carbons (Fsp3) is 0.333. The fourth-order valence-electron chi connectivity index (χ4n) is 4.00. The molecule has 0 heterocycles. The maximum atomic E-state index is 13.9. The van der Waals surface area contributed by atoms with Crippen molar-refractivity contribution in [2.75, 3.05) is 17.5 Å². The van der Waals surface area contributed by atoms with Gasteiger partial charge >= 0.3 is 0 Å². The quantitative estimate of drug-likeness (QED) is 0.295. The molecule has 0 spiro atoms. The third-order valence-electron chi connectivity index (χ3n) is 6.46. The predicted molar refractivity (Wildman–Crippen MR) is 158 cm³/mol. The highest BCUT2D eigenvalue weighted by Gasteiger charge is 2.32. The number of amides is 2. The first-order chi connectivity index (χ1) is 19.1. The van der Waals surface area contributed by atoms with Crippen molar-refractivity contribution in [3.8, 4) is 5.75 Å². The van der Waals surface area contributed by atoms with Crippen LogP contribution in [0.5, 0.6) is 5.75 Å². The first-order valence-electron chi connectivity index (χ1n) is 13.2. The summed E-state index contributed by atoms with van der Waals surface area (Å²) >= 11 is 6.18. The number of nitrogens with zero attached hydrogens (tertiary/aromatic N) is 2. The van der Waals surface area contributed by atoms with Gasteiger partial charge in [0.1, 0.15) is 18.3 Å². The Morgan fingerprint density at radius 1 is 0.950 bits per heavy atom. The third-order valence-corrected chi connectivity index (χ3v) is 8.48. The lowest BCUT2D eigenvalue weighted by Gasteiger charge is -2.32. The molecule has 40 heavy (non-hydrogen) atoms. The molecule has 1 N–H and O–H groups in total. The summed E-state index contributed by atoms with van der Waals surface area (Å²) in [5, 5.41) is 3.41. The van der Waals surface area contributed by atoms with E-state index in [1.165, 1.54) is 17.0 Å². The van der Waals surface area contributed by atoms with Gasteiger partial charge in [0, 0.05) is 17.6 Å². The van der Waals surface area contributed by atoms with Gasteiger partial charge in [-0.2, -0.15) is 0 Å². The van der Waals surface area contributed by atoms with Gasteiger partial charge < -0.3 is 15.0 Å². The Kier molecular flexibility index (Phi) is 11.0. The molecule has 0 aromatic heterocycles. The molecule has 0 radical (unpaired) electrons. The molecule has 0 fully saturated rings. The van der Waals surface area contributed by atoms with Crippen molar-refractivity contribution in [1.82, 2.24) is 10.2 Å². The molecule has 3 aromatic carbocycles. The van der Waals surface area contributed by atoms with Gasteiger partial charge in [-0.15, -0.1) is 0 Å². The van der Waals surface area contributed by atoms with Crippen molar-refractivity contribution in [3.63, 3.8) is 0 Å². The van der Waals surface area contributed by atoms with Crippen LogP contribution in [0.1, 0.15) is 39.7 Å². The van der Waals surface area contributed by atoms with E-state index < -0.39 is 28.5 Å². The molecule has 10 heteroatoms. The van der Waals surface area contributed by atoms with Crippen LogP contribution in [-0.4, -0.2) is 50.4 Å². The minimum absolute atomic E-state index is 0.0423. The molecule has 0 saturated heterocycles. The number of sulfonamides is 1. The average Bonchev–Trinajstić information content (AvgIpc) is 2.95. The molecule has 0 bridgehead atoms. The molecule has 2 atom stereocenters. The number of benzene rings is 3. The Bertz CT molecular complexity index is 1380. The van der Waals surface area contributed by atoms with Crippen molar-refractivity contribution < 1.29 is 22.7 Å². The van der Waals surface area contributed by atoms with E-state index in [1.54, 1.807) is 73.7 Å². The Morgan fingerprint density at radius 2 is 1.62 bits per heavy atom. The summed E-state index contributed by atoms with van der Waals surface area (Å²) < 4.78 is 34.2. The number of rotatable bonds is 13. The molecule has 214 valence electrons. The van der Waals surface area contributed by atoms with Gasteiger partial charge in [0.15, 0.2) is 0 Å². The predicted octanol–water partition coefficient (Wildman–Crippen LogP) is 5.27. The topological polar surface area (TPSA) is 96.0 Å². The largest absolute Gasteiger partial charge is 0.494 e. The molecule has 0 aliphatic rings. The molecular weight excluding hydrogens is 550 g/mol. The van der Waals surface area contributed by atoms with Crippen molar-refractivity contribution in [2.24, 2.45) is 0 Å². The minimum Gasteiger partial charge on any atom is -0.494 e. The highest BCUT2D eigenvalue weighted by Crippen LogP contribution is 2.27. The SMILES string of the molecule is CCOc1ccc(N(CC(=O)N(Cc2cccc(Cl)c2)C(C)C(=O)NC(C)CC)S(=O)(=O)c2ccccc2)cc1. The van der Waals surface area contributed by atoms with E-state index in [4.69, 9.17) is 16.3 Å². The Morgan fingerprint density at radius 3 is 2.23 bits per heavy atom. The van der Waals surface area contributed by atoms with Gasteiger partial charge in [-0.25, -0.2) is 8.42 Å². The summed E-state index contributed by atoms with van der Waals surface area (Å²) in [5.74, 6) is -0.295. The van der Waals surface area contributed by atoms with Crippen molar-refractivity contribution in [1.29, 1.82) is 0 Å². The molecule has 0 saturated carbocycles. The zero-order valence-electron chi connectivity index (χ0n) is 23.2. The first-order valence-corrected chi connectivity index (χ1v) is 15.0. The van der Waals surface area contributed by atoms with Crippen LogP contribution in [0.4, 0.5) is 5.69 Å². The molecular formula is C30H36ClN3O5S. The maximum absolute atomic E-state index is 13.9. The molecule has 2 unspecified atom stereocenters. The van der Waals surface area contributed by atoms with E-state index in [0.717, 1.165) is 10.7 Å². The highest BCUT2D eigenvalue weighted by molar-refractivity contribution is 7.92. The Labute approximate surface area is 241 Å². The lowest BCUT2D eigenvalue weighted by molar-refractivity contribution is -0.139. The smallest absolute Gasteiger partial charge is 0.264 e. The zero-order valence-corrected chi connectivity index (χ0v) is 24.8. The van der Waals surface area contributed by atoms with E-state index in [9.17, 15) is 18.0 Å². The summed E-state index contributed by atoms with van der Waals surface area (Å²) in [7, 11) is -4.13. The summed E-state index contributed by atoms with van der Waals surface area (Å²) in [6, 6.07) is 20.5. The highest BCUT2D eigenvalue weighted by atomic mass is 35.5. The zero-order chi connectivity index (χ0) is 29.3. The van der Waals surface area contributed by atoms with Gasteiger partial charge in [0.05, 0.1) is 17.2 Å². The second-order valence-electron chi connectivity index (χ2n) is 9.40. The second kappa shape index (κ2) is 14.2. The van der Waals surface area contributed by atoms with Gasteiger partial charge in [-0.1, -0.05) is 48.9 Å². The lowest BCUT2D eigenvalue weighted by Crippen LogP contribution is -2.52. The molecule has 0 aliphatic heterocycles. The van der Waals surface area contributed by atoms with E-state index >= 15 is 0 Å². The van der Waals surface area contributed by atoms with Crippen LogP contribution in [0.25, 0.3) is 0 Å². The van der Waals surface area contributed by atoms with Crippen molar-refractivity contribution in [3.05, 3.63) is 89.4 Å². The molecule has 8 nitrogen and oxygen atoms in total. The lowest BCUT2D eigenvalue weighted by atomic mass is 10.1. The number of anilines is 1. The number of hydrogen-bond acceptors (Lipinski definition) is 5. The van der Waals surface area contributed by atoms with Crippen LogP contribution in [-0.2, 0) is 26.2 Å². The van der Waals surface area contributed by atoms with Crippen molar-refractivity contribution in [2.45, 2.75) is 57.6 Å². The molecule has 3 rings (SSSR count). The minimum atomic E-state index is -4.13. The summed E-state index contributed by atoms with van der Waals surface area (Å²) in [4.78, 5) is 28.5. The normalized spacial score (nSPS) is 12.7. The van der Waals surface area contributed by atoms with E-state index in [2.05, 4.69) is 5.32 Å². The maximum Gasteiger partial charge on any atom is 0.264 e.